The lowest BCUT2D eigenvalue weighted by atomic mass is 9.96. The number of carbonyl (C=O) groups is 1. The van der Waals surface area contributed by atoms with Gasteiger partial charge in [0.25, 0.3) is 0 Å². The third kappa shape index (κ3) is 3.07. The van der Waals surface area contributed by atoms with E-state index in [-0.39, 0.29) is 11.8 Å². The number of aryl methyl sites for hydroxylation is 2. The Hall–Kier alpha value is -1.35. The molecule has 1 amide bonds. The number of hydrogen-bond acceptors (Lipinski definition) is 2. The molecule has 1 rings (SSSR count). The van der Waals surface area contributed by atoms with Gasteiger partial charge in [0.15, 0.2) is 0 Å². The van der Waals surface area contributed by atoms with E-state index in [1.54, 1.807) is 7.05 Å². The first-order chi connectivity index (χ1) is 7.58. The number of rotatable bonds is 4. The monoisotopic (exact) mass is 220 g/mol. The normalized spacial score (nSPS) is 12.2. The summed E-state index contributed by atoms with van der Waals surface area (Å²) in [5, 5.41) is 2.64. The van der Waals surface area contributed by atoms with E-state index < -0.39 is 0 Å². The number of hydrogen-bond donors (Lipinski definition) is 2. The second-order valence-electron chi connectivity index (χ2n) is 4.17. The third-order valence-corrected chi connectivity index (χ3v) is 2.96. The van der Waals surface area contributed by atoms with Crippen molar-refractivity contribution < 1.29 is 4.79 Å². The highest BCUT2D eigenvalue weighted by atomic mass is 16.1. The van der Waals surface area contributed by atoms with Crippen LogP contribution in [0.1, 0.15) is 16.7 Å². The lowest BCUT2D eigenvalue weighted by Gasteiger charge is -2.13. The first kappa shape index (κ1) is 12.7. The lowest BCUT2D eigenvalue weighted by Crippen LogP contribution is -2.34. The SMILES string of the molecule is CNC(=O)C(CN)Cc1ccc(C)c(C)c1. The van der Waals surface area contributed by atoms with Crippen LogP contribution in [0.4, 0.5) is 0 Å². The van der Waals surface area contributed by atoms with E-state index in [0.717, 1.165) is 0 Å². The average Bonchev–Trinajstić information content (AvgIpc) is 2.29. The fourth-order valence-electron chi connectivity index (χ4n) is 1.70. The molecular weight excluding hydrogens is 200 g/mol. The van der Waals surface area contributed by atoms with Crippen molar-refractivity contribution in [1.29, 1.82) is 0 Å². The molecule has 0 radical (unpaired) electrons. The first-order valence-electron chi connectivity index (χ1n) is 5.56. The zero-order valence-corrected chi connectivity index (χ0v) is 10.2. The number of nitrogens with two attached hydrogens (primary N) is 1. The molecule has 16 heavy (non-hydrogen) atoms. The topological polar surface area (TPSA) is 55.1 Å². The number of nitrogens with one attached hydrogen (secondary N) is 1. The maximum atomic E-state index is 11.5. The second-order valence-corrected chi connectivity index (χ2v) is 4.17. The van der Waals surface area contributed by atoms with Gasteiger partial charge in [-0.15, -0.1) is 0 Å². The smallest absolute Gasteiger partial charge is 0.224 e. The minimum absolute atomic E-state index is 0.0146. The zero-order valence-electron chi connectivity index (χ0n) is 10.2. The molecule has 0 saturated carbocycles. The van der Waals surface area contributed by atoms with Gasteiger partial charge in [-0.05, 0) is 37.0 Å². The molecule has 0 heterocycles. The van der Waals surface area contributed by atoms with Gasteiger partial charge in [0.05, 0.1) is 5.92 Å². The van der Waals surface area contributed by atoms with Crippen molar-refractivity contribution >= 4 is 5.91 Å². The van der Waals surface area contributed by atoms with Crippen molar-refractivity contribution in [3.63, 3.8) is 0 Å². The highest BCUT2D eigenvalue weighted by molar-refractivity contribution is 5.78. The molecule has 1 aromatic carbocycles. The fourth-order valence-corrected chi connectivity index (χ4v) is 1.70. The maximum Gasteiger partial charge on any atom is 0.224 e. The minimum atomic E-state index is -0.132. The molecule has 1 atom stereocenters. The first-order valence-corrected chi connectivity index (χ1v) is 5.56. The highest BCUT2D eigenvalue weighted by Crippen LogP contribution is 2.13. The maximum absolute atomic E-state index is 11.5. The van der Waals surface area contributed by atoms with Crippen LogP contribution in [0.2, 0.25) is 0 Å². The van der Waals surface area contributed by atoms with E-state index in [4.69, 9.17) is 5.73 Å². The quantitative estimate of drug-likeness (QED) is 0.800. The summed E-state index contributed by atoms with van der Waals surface area (Å²) in [7, 11) is 1.64. The van der Waals surface area contributed by atoms with Crippen LogP contribution in [0.5, 0.6) is 0 Å². The van der Waals surface area contributed by atoms with Crippen molar-refractivity contribution in [3.8, 4) is 0 Å². The molecule has 0 saturated heterocycles. The largest absolute Gasteiger partial charge is 0.359 e. The molecule has 0 aliphatic carbocycles. The molecule has 0 fully saturated rings. The Bertz CT molecular complexity index is 374. The van der Waals surface area contributed by atoms with E-state index in [2.05, 4.69) is 37.4 Å². The van der Waals surface area contributed by atoms with E-state index in [0.29, 0.717) is 13.0 Å². The summed E-state index contributed by atoms with van der Waals surface area (Å²) in [6, 6.07) is 6.27. The second kappa shape index (κ2) is 5.66. The van der Waals surface area contributed by atoms with Gasteiger partial charge in [-0.25, -0.2) is 0 Å². The van der Waals surface area contributed by atoms with Crippen molar-refractivity contribution in [2.75, 3.05) is 13.6 Å². The van der Waals surface area contributed by atoms with Gasteiger partial charge in [0, 0.05) is 13.6 Å². The molecule has 0 aliphatic heterocycles. The van der Waals surface area contributed by atoms with Crippen LogP contribution in [0, 0.1) is 19.8 Å². The van der Waals surface area contributed by atoms with Crippen LogP contribution in [-0.4, -0.2) is 19.5 Å². The molecule has 3 heteroatoms. The molecule has 0 bridgehead atoms. The van der Waals surface area contributed by atoms with Gasteiger partial charge in [-0.2, -0.15) is 0 Å². The van der Waals surface area contributed by atoms with Gasteiger partial charge in [0.2, 0.25) is 5.91 Å². The molecule has 0 aromatic heterocycles. The van der Waals surface area contributed by atoms with Gasteiger partial charge < -0.3 is 11.1 Å². The van der Waals surface area contributed by atoms with Crippen molar-refractivity contribution in [2.24, 2.45) is 11.7 Å². The molecule has 3 N–H and O–H groups in total. The minimum Gasteiger partial charge on any atom is -0.359 e. The summed E-state index contributed by atoms with van der Waals surface area (Å²) in [4.78, 5) is 11.5. The Labute approximate surface area is 97.0 Å². The van der Waals surface area contributed by atoms with Crippen LogP contribution in [0.25, 0.3) is 0 Å². The van der Waals surface area contributed by atoms with Crippen LogP contribution in [0.15, 0.2) is 18.2 Å². The molecule has 1 unspecified atom stereocenters. The van der Waals surface area contributed by atoms with Crippen LogP contribution >= 0.6 is 0 Å². The van der Waals surface area contributed by atoms with E-state index in [9.17, 15) is 4.79 Å². The van der Waals surface area contributed by atoms with E-state index in [1.165, 1.54) is 16.7 Å². The lowest BCUT2D eigenvalue weighted by molar-refractivity contribution is -0.124. The molecule has 1 aromatic rings. The molecular formula is C13H20N2O. The zero-order chi connectivity index (χ0) is 12.1. The van der Waals surface area contributed by atoms with Crippen LogP contribution < -0.4 is 11.1 Å². The summed E-state index contributed by atoms with van der Waals surface area (Å²) >= 11 is 0. The van der Waals surface area contributed by atoms with E-state index >= 15 is 0 Å². The van der Waals surface area contributed by atoms with Crippen molar-refractivity contribution in [1.82, 2.24) is 5.32 Å². The Morgan fingerprint density at radius 2 is 2.06 bits per heavy atom. The average molecular weight is 220 g/mol. The summed E-state index contributed by atoms with van der Waals surface area (Å²) in [5.74, 6) is -0.118. The number of carbonyl (C=O) groups excluding carboxylic acids is 1. The van der Waals surface area contributed by atoms with Crippen LogP contribution in [-0.2, 0) is 11.2 Å². The van der Waals surface area contributed by atoms with Gasteiger partial charge >= 0.3 is 0 Å². The standard InChI is InChI=1S/C13H20N2O/c1-9-4-5-11(6-10(9)2)7-12(8-14)13(16)15-3/h4-6,12H,7-8,14H2,1-3H3,(H,15,16). The Kier molecular flexibility index (Phi) is 4.50. The van der Waals surface area contributed by atoms with Gasteiger partial charge in [-0.3, -0.25) is 4.79 Å². The summed E-state index contributed by atoms with van der Waals surface area (Å²) < 4.78 is 0. The molecule has 3 nitrogen and oxygen atoms in total. The summed E-state index contributed by atoms with van der Waals surface area (Å²) in [5.41, 5.74) is 9.30. The Morgan fingerprint density at radius 3 is 2.56 bits per heavy atom. The molecule has 0 aliphatic rings. The number of benzene rings is 1. The Balaban J connectivity index is 2.78. The summed E-state index contributed by atoms with van der Waals surface area (Å²) in [6.45, 7) is 4.54. The third-order valence-electron chi connectivity index (χ3n) is 2.96. The molecule has 88 valence electrons. The number of amides is 1. The van der Waals surface area contributed by atoms with E-state index in [1.807, 2.05) is 0 Å². The fraction of sp³-hybridized carbons (Fsp3) is 0.462. The predicted molar refractivity (Wildman–Crippen MR) is 66.2 cm³/mol. The summed E-state index contributed by atoms with van der Waals surface area (Å²) in [6.07, 6.45) is 0.706. The van der Waals surface area contributed by atoms with Crippen molar-refractivity contribution in [3.05, 3.63) is 34.9 Å². The van der Waals surface area contributed by atoms with Crippen LogP contribution in [0.3, 0.4) is 0 Å². The predicted octanol–water partition coefficient (Wildman–Crippen LogP) is 1.17. The Morgan fingerprint density at radius 1 is 1.38 bits per heavy atom. The molecule has 0 spiro atoms. The van der Waals surface area contributed by atoms with Gasteiger partial charge in [-0.1, -0.05) is 18.2 Å². The van der Waals surface area contributed by atoms with Gasteiger partial charge in [0.1, 0.15) is 0 Å². The highest BCUT2D eigenvalue weighted by Gasteiger charge is 2.15. The van der Waals surface area contributed by atoms with Crippen molar-refractivity contribution in [2.45, 2.75) is 20.3 Å².